The van der Waals surface area contributed by atoms with E-state index < -0.39 is 11.7 Å². The van der Waals surface area contributed by atoms with Crippen LogP contribution in [0.3, 0.4) is 0 Å². The lowest BCUT2D eigenvalue weighted by molar-refractivity contribution is -0.137. The summed E-state index contributed by atoms with van der Waals surface area (Å²) in [5, 5.41) is 3.11. The van der Waals surface area contributed by atoms with Gasteiger partial charge >= 0.3 is 6.18 Å². The van der Waals surface area contributed by atoms with E-state index in [1.807, 2.05) is 0 Å². The number of nitrogens with one attached hydrogen (secondary N) is 1. The molecule has 1 aliphatic carbocycles. The summed E-state index contributed by atoms with van der Waals surface area (Å²) in [4.78, 5) is 0. The van der Waals surface area contributed by atoms with E-state index in [9.17, 15) is 13.2 Å². The van der Waals surface area contributed by atoms with Crippen LogP contribution in [0.2, 0.25) is 0 Å². The van der Waals surface area contributed by atoms with Crippen LogP contribution in [-0.4, -0.2) is 12.1 Å². The maximum absolute atomic E-state index is 12.7. The normalized spacial score (nSPS) is 24.3. The Balaban J connectivity index is 2.15. The van der Waals surface area contributed by atoms with E-state index in [1.54, 1.807) is 6.07 Å². The van der Waals surface area contributed by atoms with Crippen LogP contribution in [-0.2, 0) is 6.18 Å². The first-order chi connectivity index (χ1) is 8.34. The van der Waals surface area contributed by atoms with Crippen molar-refractivity contribution in [1.29, 1.82) is 0 Å². The Morgan fingerprint density at radius 2 is 1.94 bits per heavy atom. The minimum absolute atomic E-state index is 0.150. The second-order valence-electron chi connectivity index (χ2n) is 4.64. The molecule has 6 heteroatoms. The standard InChI is InChI=1S/C12H14BrF3N2/c13-8-3-7(12(14,15)16)4-11(5-8)18-10-2-1-9(17)6-10/h3-5,9-10,18H,1-2,6,17H2. The average molecular weight is 323 g/mol. The molecule has 100 valence electrons. The lowest BCUT2D eigenvalue weighted by Gasteiger charge is -2.16. The van der Waals surface area contributed by atoms with Gasteiger partial charge in [-0.3, -0.25) is 0 Å². The number of halogens is 4. The second-order valence-corrected chi connectivity index (χ2v) is 5.56. The Morgan fingerprint density at radius 3 is 2.50 bits per heavy atom. The summed E-state index contributed by atoms with van der Waals surface area (Å²) < 4.78 is 38.4. The van der Waals surface area contributed by atoms with Crippen molar-refractivity contribution in [2.75, 3.05) is 5.32 Å². The molecular weight excluding hydrogens is 309 g/mol. The minimum Gasteiger partial charge on any atom is -0.382 e. The van der Waals surface area contributed by atoms with Gasteiger partial charge in [0, 0.05) is 22.2 Å². The topological polar surface area (TPSA) is 38.0 Å². The molecule has 0 amide bonds. The average Bonchev–Trinajstić information content (AvgIpc) is 2.61. The van der Waals surface area contributed by atoms with Gasteiger partial charge in [-0.15, -0.1) is 0 Å². The summed E-state index contributed by atoms with van der Waals surface area (Å²) in [6.07, 6.45) is -1.72. The van der Waals surface area contributed by atoms with E-state index >= 15 is 0 Å². The summed E-state index contributed by atoms with van der Waals surface area (Å²) in [7, 11) is 0. The highest BCUT2D eigenvalue weighted by molar-refractivity contribution is 9.10. The van der Waals surface area contributed by atoms with Crippen molar-refractivity contribution in [2.45, 2.75) is 37.5 Å². The van der Waals surface area contributed by atoms with Gasteiger partial charge in [-0.25, -0.2) is 0 Å². The molecule has 1 aromatic carbocycles. The first-order valence-electron chi connectivity index (χ1n) is 5.74. The van der Waals surface area contributed by atoms with E-state index in [2.05, 4.69) is 21.2 Å². The third-order valence-electron chi connectivity index (χ3n) is 3.07. The molecule has 1 aromatic rings. The lowest BCUT2D eigenvalue weighted by Crippen LogP contribution is -2.21. The van der Waals surface area contributed by atoms with Gasteiger partial charge in [0.2, 0.25) is 0 Å². The SMILES string of the molecule is NC1CCC(Nc2cc(Br)cc(C(F)(F)F)c2)C1. The predicted molar refractivity (Wildman–Crippen MR) is 68.4 cm³/mol. The van der Waals surface area contributed by atoms with Crippen LogP contribution in [0.25, 0.3) is 0 Å². The summed E-state index contributed by atoms with van der Waals surface area (Å²) in [6, 6.07) is 4.17. The van der Waals surface area contributed by atoms with Crippen molar-refractivity contribution < 1.29 is 13.2 Å². The van der Waals surface area contributed by atoms with Crippen LogP contribution in [0.15, 0.2) is 22.7 Å². The highest BCUT2D eigenvalue weighted by atomic mass is 79.9. The van der Waals surface area contributed by atoms with Crippen molar-refractivity contribution in [3.05, 3.63) is 28.2 Å². The quantitative estimate of drug-likeness (QED) is 0.870. The number of alkyl halides is 3. The molecule has 2 atom stereocenters. The largest absolute Gasteiger partial charge is 0.416 e. The Morgan fingerprint density at radius 1 is 1.22 bits per heavy atom. The molecule has 0 radical (unpaired) electrons. The fraction of sp³-hybridized carbons (Fsp3) is 0.500. The predicted octanol–water partition coefficient (Wildman–Crippen LogP) is 3.76. The van der Waals surface area contributed by atoms with Crippen molar-refractivity contribution in [3.8, 4) is 0 Å². The smallest absolute Gasteiger partial charge is 0.382 e. The molecule has 0 saturated heterocycles. The van der Waals surface area contributed by atoms with Crippen LogP contribution in [0.1, 0.15) is 24.8 Å². The minimum atomic E-state index is -4.33. The van der Waals surface area contributed by atoms with Gasteiger partial charge < -0.3 is 11.1 Å². The summed E-state index contributed by atoms with van der Waals surface area (Å²) >= 11 is 3.10. The number of nitrogens with two attached hydrogens (primary N) is 1. The van der Waals surface area contributed by atoms with E-state index in [0.29, 0.717) is 10.2 Å². The molecule has 3 N–H and O–H groups in total. The number of hydrogen-bond donors (Lipinski definition) is 2. The van der Waals surface area contributed by atoms with Crippen LogP contribution in [0, 0.1) is 0 Å². The third-order valence-corrected chi connectivity index (χ3v) is 3.53. The van der Waals surface area contributed by atoms with E-state index in [0.717, 1.165) is 31.4 Å². The maximum atomic E-state index is 12.7. The molecule has 2 unspecified atom stereocenters. The van der Waals surface area contributed by atoms with Crippen molar-refractivity contribution >= 4 is 21.6 Å². The van der Waals surface area contributed by atoms with Crippen LogP contribution in [0.5, 0.6) is 0 Å². The van der Waals surface area contributed by atoms with Gasteiger partial charge in [0.15, 0.2) is 0 Å². The molecular formula is C12H14BrF3N2. The molecule has 0 aromatic heterocycles. The lowest BCUT2D eigenvalue weighted by atomic mass is 10.1. The molecule has 0 spiro atoms. The zero-order valence-electron chi connectivity index (χ0n) is 9.60. The zero-order valence-corrected chi connectivity index (χ0v) is 11.2. The Bertz CT molecular complexity index is 434. The fourth-order valence-corrected chi connectivity index (χ4v) is 2.71. The Hall–Kier alpha value is -0.750. The molecule has 18 heavy (non-hydrogen) atoms. The van der Waals surface area contributed by atoms with Gasteiger partial charge in [0.25, 0.3) is 0 Å². The molecule has 0 bridgehead atoms. The number of rotatable bonds is 2. The van der Waals surface area contributed by atoms with Crippen LogP contribution >= 0.6 is 15.9 Å². The van der Waals surface area contributed by atoms with E-state index in [1.165, 1.54) is 0 Å². The molecule has 1 fully saturated rings. The van der Waals surface area contributed by atoms with Crippen LogP contribution < -0.4 is 11.1 Å². The maximum Gasteiger partial charge on any atom is 0.416 e. The second kappa shape index (κ2) is 5.09. The molecule has 2 rings (SSSR count). The molecule has 2 nitrogen and oxygen atoms in total. The fourth-order valence-electron chi connectivity index (χ4n) is 2.22. The zero-order chi connectivity index (χ0) is 13.3. The number of anilines is 1. The first kappa shape index (κ1) is 13.7. The van der Waals surface area contributed by atoms with Crippen molar-refractivity contribution in [2.24, 2.45) is 5.73 Å². The Labute approximate surface area is 112 Å². The number of hydrogen-bond acceptors (Lipinski definition) is 2. The summed E-state index contributed by atoms with van der Waals surface area (Å²) in [6.45, 7) is 0. The first-order valence-corrected chi connectivity index (χ1v) is 6.54. The molecule has 1 aliphatic rings. The summed E-state index contributed by atoms with van der Waals surface area (Å²) in [5.41, 5.74) is 5.61. The van der Waals surface area contributed by atoms with Gasteiger partial charge in [-0.2, -0.15) is 13.2 Å². The van der Waals surface area contributed by atoms with Gasteiger partial charge in [-0.05, 0) is 37.5 Å². The van der Waals surface area contributed by atoms with E-state index in [-0.39, 0.29) is 12.1 Å². The summed E-state index contributed by atoms with van der Waals surface area (Å²) in [5.74, 6) is 0. The Kier molecular flexibility index (Phi) is 3.87. The van der Waals surface area contributed by atoms with Crippen molar-refractivity contribution in [3.63, 3.8) is 0 Å². The van der Waals surface area contributed by atoms with Crippen LogP contribution in [0.4, 0.5) is 18.9 Å². The van der Waals surface area contributed by atoms with E-state index in [4.69, 9.17) is 5.73 Å². The van der Waals surface area contributed by atoms with Gasteiger partial charge in [0.05, 0.1) is 5.56 Å². The highest BCUT2D eigenvalue weighted by Crippen LogP contribution is 2.34. The van der Waals surface area contributed by atoms with Crippen molar-refractivity contribution in [1.82, 2.24) is 0 Å². The van der Waals surface area contributed by atoms with Gasteiger partial charge in [0.1, 0.15) is 0 Å². The molecule has 0 heterocycles. The highest BCUT2D eigenvalue weighted by Gasteiger charge is 2.31. The third kappa shape index (κ3) is 3.38. The van der Waals surface area contributed by atoms with Gasteiger partial charge in [-0.1, -0.05) is 15.9 Å². The molecule has 0 aliphatic heterocycles. The number of benzene rings is 1. The molecule has 1 saturated carbocycles. The monoisotopic (exact) mass is 322 g/mol.